The first-order chi connectivity index (χ1) is 18.7. The van der Waals surface area contributed by atoms with Crippen LogP contribution in [-0.4, -0.2) is 42.9 Å². The molecular formula is C28H22N4O6S. The molecule has 0 atom stereocenters. The summed E-state index contributed by atoms with van der Waals surface area (Å²) in [6.45, 7) is 0. The Morgan fingerprint density at radius 3 is 1.23 bits per heavy atom. The number of hydrogen-bond acceptors (Lipinski definition) is 8. The first kappa shape index (κ1) is 26.8. The van der Waals surface area contributed by atoms with E-state index in [0.29, 0.717) is 11.1 Å². The molecule has 0 aliphatic heterocycles. The van der Waals surface area contributed by atoms with Crippen LogP contribution in [0.25, 0.3) is 0 Å². The largest absolute Gasteiger partial charge is 0.508 e. The van der Waals surface area contributed by atoms with Crippen LogP contribution < -0.4 is 10.9 Å². The first-order valence-corrected chi connectivity index (χ1v) is 12.9. The lowest BCUT2D eigenvalue weighted by atomic mass is 10.2. The molecule has 0 aliphatic carbocycles. The maximum atomic E-state index is 13.0. The summed E-state index contributed by atoms with van der Waals surface area (Å²) in [6, 6.07) is 23.2. The van der Waals surface area contributed by atoms with Gasteiger partial charge in [-0.25, -0.2) is 19.3 Å². The van der Waals surface area contributed by atoms with E-state index in [1.54, 1.807) is 24.3 Å². The lowest BCUT2D eigenvalue weighted by Crippen LogP contribution is -2.18. The maximum Gasteiger partial charge on any atom is 0.271 e. The number of nitrogens with zero attached hydrogens (tertiary/aromatic N) is 2. The second kappa shape index (κ2) is 11.8. The summed E-state index contributed by atoms with van der Waals surface area (Å²) in [7, 11) is -3.90. The standard InChI is InChI=1S/C28H22N4O6S/c33-23-9-1-19(2-10-23)17-29-31-27(35)21-5-13-25(14-6-21)39(37,38)26-15-7-22(8-16-26)28(36)32-30-18-20-3-11-24(34)12-4-20/h1-18,33-34H,(H,31,35)(H,32,36)/b29-17+,30-18+. The summed E-state index contributed by atoms with van der Waals surface area (Å²) in [5.74, 6) is -0.837. The molecule has 0 unspecified atom stereocenters. The number of nitrogens with one attached hydrogen (secondary N) is 2. The summed E-state index contributed by atoms with van der Waals surface area (Å²) in [5.41, 5.74) is 6.45. The maximum absolute atomic E-state index is 13.0. The Morgan fingerprint density at radius 2 is 0.897 bits per heavy atom. The first-order valence-electron chi connectivity index (χ1n) is 11.4. The van der Waals surface area contributed by atoms with Crippen molar-refractivity contribution >= 4 is 34.1 Å². The van der Waals surface area contributed by atoms with E-state index in [0.717, 1.165) is 0 Å². The van der Waals surface area contributed by atoms with E-state index in [2.05, 4.69) is 21.1 Å². The average molecular weight is 543 g/mol. The Morgan fingerprint density at radius 1 is 0.564 bits per heavy atom. The molecule has 0 heterocycles. The smallest absolute Gasteiger partial charge is 0.271 e. The summed E-state index contributed by atoms with van der Waals surface area (Å²) < 4.78 is 26.0. The molecule has 0 saturated carbocycles. The van der Waals surface area contributed by atoms with E-state index in [-0.39, 0.29) is 32.4 Å². The number of carbonyl (C=O) groups is 2. The van der Waals surface area contributed by atoms with Gasteiger partial charge in [0.1, 0.15) is 11.5 Å². The van der Waals surface area contributed by atoms with E-state index in [9.17, 15) is 28.2 Å². The van der Waals surface area contributed by atoms with Gasteiger partial charge in [-0.15, -0.1) is 0 Å². The van der Waals surface area contributed by atoms with Crippen LogP contribution in [0.2, 0.25) is 0 Å². The molecule has 4 aromatic rings. The van der Waals surface area contributed by atoms with Crippen LogP contribution in [0.5, 0.6) is 11.5 Å². The second-order valence-corrected chi connectivity index (χ2v) is 10.1. The predicted octanol–water partition coefficient (Wildman–Crippen LogP) is 3.46. The Hall–Kier alpha value is -5.29. The third-order valence-corrected chi connectivity index (χ3v) is 7.18. The van der Waals surface area contributed by atoms with Crippen molar-refractivity contribution in [1.29, 1.82) is 0 Å². The average Bonchev–Trinajstić information content (AvgIpc) is 2.95. The summed E-state index contributed by atoms with van der Waals surface area (Å²) >= 11 is 0. The quantitative estimate of drug-likeness (QED) is 0.197. The number of hydrazone groups is 2. The Labute approximate surface area is 223 Å². The topological polar surface area (TPSA) is 158 Å². The third-order valence-electron chi connectivity index (χ3n) is 5.40. The number of phenols is 2. The molecule has 11 heteroatoms. The molecule has 0 spiro atoms. The molecule has 4 rings (SSSR count). The minimum absolute atomic E-state index is 0.0256. The van der Waals surface area contributed by atoms with E-state index in [1.807, 2.05) is 0 Å². The zero-order chi connectivity index (χ0) is 27.8. The van der Waals surface area contributed by atoms with Crippen LogP contribution in [-0.2, 0) is 9.84 Å². The Kier molecular flexibility index (Phi) is 8.12. The van der Waals surface area contributed by atoms with Gasteiger partial charge in [0.25, 0.3) is 11.8 Å². The zero-order valence-corrected chi connectivity index (χ0v) is 21.0. The molecule has 0 aromatic heterocycles. The molecule has 10 nitrogen and oxygen atoms in total. The lowest BCUT2D eigenvalue weighted by molar-refractivity contribution is 0.0947. The van der Waals surface area contributed by atoms with E-state index in [1.165, 1.54) is 85.2 Å². The summed E-state index contributed by atoms with van der Waals surface area (Å²) in [4.78, 5) is 24.6. The van der Waals surface area contributed by atoms with Gasteiger partial charge in [0.05, 0.1) is 22.2 Å². The van der Waals surface area contributed by atoms with Crippen molar-refractivity contribution in [2.75, 3.05) is 0 Å². The second-order valence-electron chi connectivity index (χ2n) is 8.13. The van der Waals surface area contributed by atoms with Crippen molar-refractivity contribution in [2.45, 2.75) is 9.79 Å². The molecule has 196 valence electrons. The van der Waals surface area contributed by atoms with Gasteiger partial charge in [0, 0.05) is 11.1 Å². The molecule has 0 aliphatic rings. The van der Waals surface area contributed by atoms with Crippen molar-refractivity contribution < 1.29 is 28.2 Å². The van der Waals surface area contributed by atoms with Crippen LogP contribution in [0.15, 0.2) is 117 Å². The molecule has 39 heavy (non-hydrogen) atoms. The van der Waals surface area contributed by atoms with Crippen LogP contribution >= 0.6 is 0 Å². The van der Waals surface area contributed by atoms with Gasteiger partial charge in [-0.2, -0.15) is 10.2 Å². The highest BCUT2D eigenvalue weighted by Crippen LogP contribution is 2.22. The zero-order valence-electron chi connectivity index (χ0n) is 20.2. The molecule has 4 N–H and O–H groups in total. The minimum Gasteiger partial charge on any atom is -0.508 e. The number of phenolic OH excluding ortho intramolecular Hbond substituents is 2. The van der Waals surface area contributed by atoms with Crippen LogP contribution in [0.3, 0.4) is 0 Å². The SMILES string of the molecule is O=C(N/N=C/c1ccc(O)cc1)c1ccc(S(=O)(=O)c2ccc(C(=O)N/N=C/c3ccc(O)cc3)cc2)cc1. The molecule has 0 saturated heterocycles. The molecular weight excluding hydrogens is 520 g/mol. The molecule has 0 bridgehead atoms. The van der Waals surface area contributed by atoms with Crippen molar-refractivity contribution in [3.63, 3.8) is 0 Å². The van der Waals surface area contributed by atoms with Gasteiger partial charge >= 0.3 is 0 Å². The van der Waals surface area contributed by atoms with Crippen molar-refractivity contribution in [3.05, 3.63) is 119 Å². The number of benzene rings is 4. The van der Waals surface area contributed by atoms with Gasteiger partial charge in [-0.1, -0.05) is 0 Å². The molecule has 0 fully saturated rings. The number of rotatable bonds is 8. The minimum atomic E-state index is -3.90. The molecule has 0 radical (unpaired) electrons. The summed E-state index contributed by atoms with van der Waals surface area (Å²) in [6.07, 6.45) is 2.81. The molecule has 2 amide bonds. The van der Waals surface area contributed by atoms with Crippen LogP contribution in [0, 0.1) is 0 Å². The number of sulfone groups is 1. The monoisotopic (exact) mass is 542 g/mol. The van der Waals surface area contributed by atoms with Crippen molar-refractivity contribution in [1.82, 2.24) is 10.9 Å². The van der Waals surface area contributed by atoms with Crippen LogP contribution in [0.1, 0.15) is 31.8 Å². The fourth-order valence-electron chi connectivity index (χ4n) is 3.29. The normalized spacial score (nSPS) is 11.5. The van der Waals surface area contributed by atoms with Crippen LogP contribution in [0.4, 0.5) is 0 Å². The van der Waals surface area contributed by atoms with E-state index in [4.69, 9.17) is 0 Å². The van der Waals surface area contributed by atoms with Crippen molar-refractivity contribution in [2.24, 2.45) is 10.2 Å². The summed E-state index contributed by atoms with van der Waals surface area (Å²) in [5, 5.41) is 26.3. The van der Waals surface area contributed by atoms with Gasteiger partial charge in [-0.05, 0) is 108 Å². The number of aromatic hydroxyl groups is 2. The van der Waals surface area contributed by atoms with E-state index < -0.39 is 21.7 Å². The van der Waals surface area contributed by atoms with Gasteiger partial charge < -0.3 is 10.2 Å². The fourth-order valence-corrected chi connectivity index (χ4v) is 4.55. The predicted molar refractivity (Wildman–Crippen MR) is 145 cm³/mol. The number of carbonyl (C=O) groups excluding carboxylic acids is 2. The highest BCUT2D eigenvalue weighted by molar-refractivity contribution is 7.91. The third kappa shape index (κ3) is 6.93. The van der Waals surface area contributed by atoms with Crippen molar-refractivity contribution in [3.8, 4) is 11.5 Å². The fraction of sp³-hybridized carbons (Fsp3) is 0. The van der Waals surface area contributed by atoms with Gasteiger partial charge in [0.2, 0.25) is 9.84 Å². The van der Waals surface area contributed by atoms with Gasteiger partial charge in [-0.3, -0.25) is 9.59 Å². The Bertz CT molecular complexity index is 1510. The Balaban J connectivity index is 1.37. The molecule has 4 aromatic carbocycles. The highest BCUT2D eigenvalue weighted by Gasteiger charge is 2.19. The number of amides is 2. The lowest BCUT2D eigenvalue weighted by Gasteiger charge is -2.07. The number of hydrogen-bond donors (Lipinski definition) is 4. The highest BCUT2D eigenvalue weighted by atomic mass is 32.2. The van der Waals surface area contributed by atoms with Gasteiger partial charge in [0.15, 0.2) is 0 Å². The van der Waals surface area contributed by atoms with E-state index >= 15 is 0 Å².